The number of rotatable bonds is 5. The zero-order chi connectivity index (χ0) is 16.1. The fourth-order valence-corrected chi connectivity index (χ4v) is 3.70. The van der Waals surface area contributed by atoms with Crippen molar-refractivity contribution in [3.8, 4) is 5.75 Å². The molecule has 0 radical (unpaired) electrons. The summed E-state index contributed by atoms with van der Waals surface area (Å²) in [7, 11) is 0. The SMILES string of the molecule is NC1CCC(C(=O)Nc2ccc(OCC3CCCCC3)cc2)C1. The molecule has 23 heavy (non-hydrogen) atoms. The number of anilines is 1. The molecule has 1 aromatic carbocycles. The van der Waals surface area contributed by atoms with E-state index in [1.54, 1.807) is 0 Å². The number of carbonyl (C=O) groups is 1. The van der Waals surface area contributed by atoms with Crippen LogP contribution in [0.4, 0.5) is 5.69 Å². The van der Waals surface area contributed by atoms with Gasteiger partial charge >= 0.3 is 0 Å². The summed E-state index contributed by atoms with van der Waals surface area (Å²) in [6.07, 6.45) is 9.27. The van der Waals surface area contributed by atoms with Gasteiger partial charge in [0.25, 0.3) is 0 Å². The van der Waals surface area contributed by atoms with Gasteiger partial charge < -0.3 is 15.8 Å². The maximum atomic E-state index is 12.2. The highest BCUT2D eigenvalue weighted by Gasteiger charge is 2.27. The lowest BCUT2D eigenvalue weighted by molar-refractivity contribution is -0.119. The van der Waals surface area contributed by atoms with Crippen molar-refractivity contribution in [1.82, 2.24) is 0 Å². The summed E-state index contributed by atoms with van der Waals surface area (Å²) in [5, 5.41) is 2.99. The van der Waals surface area contributed by atoms with Gasteiger partial charge in [-0.3, -0.25) is 4.79 Å². The molecule has 2 fully saturated rings. The lowest BCUT2D eigenvalue weighted by Gasteiger charge is -2.21. The molecule has 2 aliphatic carbocycles. The Hall–Kier alpha value is -1.55. The average molecular weight is 316 g/mol. The largest absolute Gasteiger partial charge is 0.493 e. The molecule has 3 rings (SSSR count). The van der Waals surface area contributed by atoms with Crippen LogP contribution in [0, 0.1) is 11.8 Å². The summed E-state index contributed by atoms with van der Waals surface area (Å²) in [6, 6.07) is 7.91. The van der Waals surface area contributed by atoms with Crippen LogP contribution in [0.15, 0.2) is 24.3 Å². The molecule has 2 aliphatic rings. The molecule has 2 saturated carbocycles. The molecule has 2 unspecified atom stereocenters. The van der Waals surface area contributed by atoms with Crippen molar-refractivity contribution in [3.63, 3.8) is 0 Å². The maximum absolute atomic E-state index is 12.2. The minimum Gasteiger partial charge on any atom is -0.493 e. The number of ether oxygens (including phenoxy) is 1. The van der Waals surface area contributed by atoms with Crippen molar-refractivity contribution in [2.24, 2.45) is 17.6 Å². The number of carbonyl (C=O) groups excluding carboxylic acids is 1. The van der Waals surface area contributed by atoms with Gasteiger partial charge in [-0.15, -0.1) is 0 Å². The topological polar surface area (TPSA) is 64.4 Å². The van der Waals surface area contributed by atoms with Crippen molar-refractivity contribution < 1.29 is 9.53 Å². The molecule has 126 valence electrons. The molecule has 0 spiro atoms. The summed E-state index contributed by atoms with van der Waals surface area (Å²) >= 11 is 0. The molecule has 2 atom stereocenters. The van der Waals surface area contributed by atoms with Crippen LogP contribution < -0.4 is 15.8 Å². The van der Waals surface area contributed by atoms with Gasteiger partial charge in [0, 0.05) is 17.6 Å². The van der Waals surface area contributed by atoms with Crippen LogP contribution in [0.5, 0.6) is 5.75 Å². The third kappa shape index (κ3) is 4.71. The first kappa shape index (κ1) is 16.3. The normalized spacial score (nSPS) is 25.3. The summed E-state index contributed by atoms with van der Waals surface area (Å²) in [5.41, 5.74) is 6.71. The highest BCUT2D eigenvalue weighted by molar-refractivity contribution is 5.92. The van der Waals surface area contributed by atoms with Crippen molar-refractivity contribution in [2.75, 3.05) is 11.9 Å². The van der Waals surface area contributed by atoms with Crippen LogP contribution >= 0.6 is 0 Å². The molecular weight excluding hydrogens is 288 g/mol. The van der Waals surface area contributed by atoms with E-state index in [0.717, 1.165) is 37.3 Å². The molecule has 4 heteroatoms. The third-order valence-electron chi connectivity index (χ3n) is 5.18. The minimum atomic E-state index is 0.0622. The summed E-state index contributed by atoms with van der Waals surface area (Å²) in [6.45, 7) is 0.811. The van der Waals surface area contributed by atoms with Crippen LogP contribution in [-0.2, 0) is 4.79 Å². The highest BCUT2D eigenvalue weighted by Crippen LogP contribution is 2.27. The molecule has 1 aromatic rings. The van der Waals surface area contributed by atoms with E-state index in [2.05, 4.69) is 5.32 Å². The molecule has 1 amide bonds. The summed E-state index contributed by atoms with van der Waals surface area (Å²) < 4.78 is 5.89. The van der Waals surface area contributed by atoms with Crippen LogP contribution in [0.25, 0.3) is 0 Å². The van der Waals surface area contributed by atoms with Crippen molar-refractivity contribution in [3.05, 3.63) is 24.3 Å². The van der Waals surface area contributed by atoms with Crippen LogP contribution in [-0.4, -0.2) is 18.6 Å². The van der Waals surface area contributed by atoms with Crippen LogP contribution in [0.2, 0.25) is 0 Å². The third-order valence-corrected chi connectivity index (χ3v) is 5.18. The maximum Gasteiger partial charge on any atom is 0.227 e. The minimum absolute atomic E-state index is 0.0622. The van der Waals surface area contributed by atoms with E-state index in [4.69, 9.17) is 10.5 Å². The molecule has 0 saturated heterocycles. The number of hydrogen-bond donors (Lipinski definition) is 2. The Bertz CT molecular complexity index is 509. The fourth-order valence-electron chi connectivity index (χ4n) is 3.70. The predicted octanol–water partition coefficient (Wildman–Crippen LogP) is 3.71. The van der Waals surface area contributed by atoms with E-state index in [0.29, 0.717) is 5.92 Å². The number of benzene rings is 1. The van der Waals surface area contributed by atoms with E-state index in [-0.39, 0.29) is 17.9 Å². The zero-order valence-electron chi connectivity index (χ0n) is 13.8. The summed E-state index contributed by atoms with van der Waals surface area (Å²) in [4.78, 5) is 12.2. The van der Waals surface area contributed by atoms with E-state index in [9.17, 15) is 4.79 Å². The number of nitrogens with one attached hydrogen (secondary N) is 1. The smallest absolute Gasteiger partial charge is 0.227 e. The van der Waals surface area contributed by atoms with Gasteiger partial charge in [-0.2, -0.15) is 0 Å². The van der Waals surface area contributed by atoms with Crippen molar-refractivity contribution in [1.29, 1.82) is 0 Å². The van der Waals surface area contributed by atoms with Gasteiger partial charge in [0.1, 0.15) is 5.75 Å². The number of hydrogen-bond acceptors (Lipinski definition) is 3. The first-order valence-electron chi connectivity index (χ1n) is 9.00. The summed E-state index contributed by atoms with van der Waals surface area (Å²) in [5.74, 6) is 1.74. The van der Waals surface area contributed by atoms with Crippen molar-refractivity contribution >= 4 is 11.6 Å². The van der Waals surface area contributed by atoms with Crippen molar-refractivity contribution in [2.45, 2.75) is 57.4 Å². The monoisotopic (exact) mass is 316 g/mol. The van der Waals surface area contributed by atoms with E-state index in [1.165, 1.54) is 32.1 Å². The van der Waals surface area contributed by atoms with Gasteiger partial charge in [-0.25, -0.2) is 0 Å². The Kier molecular flexibility index (Phi) is 5.55. The second-order valence-corrected chi connectivity index (χ2v) is 7.10. The van der Waals surface area contributed by atoms with E-state index >= 15 is 0 Å². The first-order valence-corrected chi connectivity index (χ1v) is 9.00. The highest BCUT2D eigenvalue weighted by atomic mass is 16.5. The Balaban J connectivity index is 1.45. The molecule has 3 N–H and O–H groups in total. The van der Waals surface area contributed by atoms with Gasteiger partial charge in [0.15, 0.2) is 0 Å². The number of amides is 1. The lowest BCUT2D eigenvalue weighted by atomic mass is 9.90. The quantitative estimate of drug-likeness (QED) is 0.870. The average Bonchev–Trinajstić information content (AvgIpc) is 3.02. The molecular formula is C19H28N2O2. The first-order chi connectivity index (χ1) is 11.2. The molecule has 0 heterocycles. The lowest BCUT2D eigenvalue weighted by Crippen LogP contribution is -2.23. The fraction of sp³-hybridized carbons (Fsp3) is 0.632. The standard InChI is InChI=1S/C19H28N2O2/c20-16-7-6-15(12-16)19(22)21-17-8-10-18(11-9-17)23-13-14-4-2-1-3-5-14/h8-11,14-16H,1-7,12-13,20H2,(H,21,22). The second kappa shape index (κ2) is 7.82. The molecule has 0 bridgehead atoms. The van der Waals surface area contributed by atoms with Gasteiger partial charge in [0.05, 0.1) is 6.61 Å². The Morgan fingerprint density at radius 2 is 1.83 bits per heavy atom. The Morgan fingerprint density at radius 1 is 1.09 bits per heavy atom. The zero-order valence-corrected chi connectivity index (χ0v) is 13.8. The number of nitrogens with two attached hydrogens (primary N) is 1. The Labute approximate surface area is 138 Å². The van der Waals surface area contributed by atoms with Crippen LogP contribution in [0.3, 0.4) is 0 Å². The van der Waals surface area contributed by atoms with E-state index < -0.39 is 0 Å². The molecule has 4 nitrogen and oxygen atoms in total. The predicted molar refractivity (Wildman–Crippen MR) is 92.5 cm³/mol. The molecule has 0 aliphatic heterocycles. The molecule has 0 aromatic heterocycles. The van der Waals surface area contributed by atoms with Gasteiger partial charge in [0.2, 0.25) is 5.91 Å². The van der Waals surface area contributed by atoms with Gasteiger partial charge in [-0.05, 0) is 62.3 Å². The second-order valence-electron chi connectivity index (χ2n) is 7.10. The van der Waals surface area contributed by atoms with Gasteiger partial charge in [-0.1, -0.05) is 19.3 Å². The van der Waals surface area contributed by atoms with Crippen LogP contribution in [0.1, 0.15) is 51.4 Å². The van der Waals surface area contributed by atoms with E-state index in [1.807, 2.05) is 24.3 Å². The Morgan fingerprint density at radius 3 is 2.48 bits per heavy atom.